The molecule has 1 aliphatic carbocycles. The van der Waals surface area contributed by atoms with Crippen molar-refractivity contribution in [2.24, 2.45) is 5.92 Å². The van der Waals surface area contributed by atoms with E-state index in [4.69, 9.17) is 0 Å². The summed E-state index contributed by atoms with van der Waals surface area (Å²) >= 11 is 0. The van der Waals surface area contributed by atoms with E-state index in [1.165, 1.54) is 5.56 Å². The van der Waals surface area contributed by atoms with E-state index in [0.717, 1.165) is 24.8 Å². The number of carboxylic acids is 1. The zero-order valence-corrected chi connectivity index (χ0v) is 14.1. The van der Waals surface area contributed by atoms with Crippen molar-refractivity contribution in [3.8, 4) is 0 Å². The monoisotopic (exact) mass is 337 g/mol. The van der Waals surface area contributed by atoms with Crippen LogP contribution in [0.5, 0.6) is 0 Å². The molecular formula is C21H23NO3. The van der Waals surface area contributed by atoms with Crippen LogP contribution in [0.2, 0.25) is 0 Å². The predicted octanol–water partition coefficient (Wildman–Crippen LogP) is 3.38. The van der Waals surface area contributed by atoms with E-state index in [1.54, 1.807) is 0 Å². The minimum absolute atomic E-state index is 0.0252. The van der Waals surface area contributed by atoms with Crippen molar-refractivity contribution < 1.29 is 14.7 Å². The Morgan fingerprint density at radius 3 is 2.16 bits per heavy atom. The molecule has 4 heteroatoms. The lowest BCUT2D eigenvalue weighted by Gasteiger charge is -2.19. The highest BCUT2D eigenvalue weighted by Crippen LogP contribution is 2.33. The normalized spacial score (nSPS) is 16.0. The standard InChI is InChI=1S/C21H23NO3/c23-19(22-20(21(24)25)17-11-12-17)14-18(16-9-5-2-6-10-16)13-15-7-3-1-4-8-15/h1-10,17-18,20H,11-14H2,(H,22,23)(H,24,25). The molecule has 2 N–H and O–H groups in total. The third-order valence-corrected chi connectivity index (χ3v) is 4.70. The first kappa shape index (κ1) is 17.2. The summed E-state index contributed by atoms with van der Waals surface area (Å²) in [4.78, 5) is 23.8. The lowest BCUT2D eigenvalue weighted by atomic mass is 9.89. The van der Waals surface area contributed by atoms with E-state index in [0.29, 0.717) is 0 Å². The molecule has 2 atom stereocenters. The topological polar surface area (TPSA) is 66.4 Å². The van der Waals surface area contributed by atoms with Gasteiger partial charge in [0.05, 0.1) is 0 Å². The Morgan fingerprint density at radius 2 is 1.60 bits per heavy atom. The van der Waals surface area contributed by atoms with Gasteiger partial charge < -0.3 is 10.4 Å². The van der Waals surface area contributed by atoms with E-state index in [9.17, 15) is 14.7 Å². The van der Waals surface area contributed by atoms with Gasteiger partial charge in [0.15, 0.2) is 0 Å². The van der Waals surface area contributed by atoms with Crippen LogP contribution in [-0.4, -0.2) is 23.0 Å². The predicted molar refractivity (Wildman–Crippen MR) is 96.2 cm³/mol. The summed E-state index contributed by atoms with van der Waals surface area (Å²) in [6.45, 7) is 0. The fourth-order valence-electron chi connectivity index (χ4n) is 3.20. The Balaban J connectivity index is 1.70. The summed E-state index contributed by atoms with van der Waals surface area (Å²) in [5, 5.41) is 12.0. The van der Waals surface area contributed by atoms with Gasteiger partial charge in [-0.3, -0.25) is 4.79 Å². The molecule has 0 aliphatic heterocycles. The van der Waals surface area contributed by atoms with E-state index < -0.39 is 12.0 Å². The SMILES string of the molecule is O=C(CC(Cc1ccccc1)c1ccccc1)NC(C(=O)O)C1CC1. The molecule has 25 heavy (non-hydrogen) atoms. The number of carbonyl (C=O) groups is 2. The number of amides is 1. The Hall–Kier alpha value is -2.62. The van der Waals surface area contributed by atoms with Crippen molar-refractivity contribution in [1.29, 1.82) is 0 Å². The summed E-state index contributed by atoms with van der Waals surface area (Å²) in [6.07, 6.45) is 2.79. The molecule has 2 unspecified atom stereocenters. The summed E-state index contributed by atoms with van der Waals surface area (Å²) in [7, 11) is 0. The second-order valence-electron chi connectivity index (χ2n) is 6.72. The Labute approximate surface area is 147 Å². The molecule has 1 fully saturated rings. The number of benzene rings is 2. The molecule has 2 aromatic rings. The molecule has 0 bridgehead atoms. The van der Waals surface area contributed by atoms with Gasteiger partial charge in [-0.2, -0.15) is 0 Å². The number of rotatable bonds is 8. The second-order valence-corrected chi connectivity index (χ2v) is 6.72. The van der Waals surface area contributed by atoms with Crippen LogP contribution in [0.4, 0.5) is 0 Å². The number of nitrogens with one attached hydrogen (secondary N) is 1. The average molecular weight is 337 g/mol. The minimum atomic E-state index is -0.935. The van der Waals surface area contributed by atoms with Gasteiger partial charge >= 0.3 is 5.97 Å². The van der Waals surface area contributed by atoms with Gasteiger partial charge in [-0.05, 0) is 42.2 Å². The van der Waals surface area contributed by atoms with Crippen LogP contribution in [0.3, 0.4) is 0 Å². The van der Waals surface area contributed by atoms with Crippen molar-refractivity contribution >= 4 is 11.9 Å². The maximum atomic E-state index is 12.5. The lowest BCUT2D eigenvalue weighted by molar-refractivity contribution is -0.142. The largest absolute Gasteiger partial charge is 0.480 e. The highest BCUT2D eigenvalue weighted by Gasteiger charge is 2.37. The Kier molecular flexibility index (Phi) is 5.49. The van der Waals surface area contributed by atoms with Crippen molar-refractivity contribution in [3.05, 3.63) is 71.8 Å². The molecule has 0 radical (unpaired) electrons. The van der Waals surface area contributed by atoms with Crippen molar-refractivity contribution in [2.75, 3.05) is 0 Å². The third-order valence-electron chi connectivity index (χ3n) is 4.70. The fourth-order valence-corrected chi connectivity index (χ4v) is 3.20. The first-order chi connectivity index (χ1) is 12.1. The number of hydrogen-bond donors (Lipinski definition) is 2. The second kappa shape index (κ2) is 7.97. The van der Waals surface area contributed by atoms with Gasteiger partial charge in [0, 0.05) is 6.42 Å². The summed E-state index contributed by atoms with van der Waals surface area (Å²) < 4.78 is 0. The zero-order valence-electron chi connectivity index (χ0n) is 14.1. The Bertz CT molecular complexity index is 710. The summed E-state index contributed by atoms with van der Waals surface area (Å²) in [5.41, 5.74) is 2.26. The molecule has 0 aromatic heterocycles. The van der Waals surface area contributed by atoms with Gasteiger partial charge in [-0.25, -0.2) is 4.79 Å². The molecule has 3 rings (SSSR count). The molecule has 0 spiro atoms. The van der Waals surface area contributed by atoms with Gasteiger partial charge in [-0.15, -0.1) is 0 Å². The molecule has 1 saturated carbocycles. The molecule has 130 valence electrons. The van der Waals surface area contributed by atoms with Crippen LogP contribution >= 0.6 is 0 Å². The number of carbonyl (C=O) groups excluding carboxylic acids is 1. The van der Waals surface area contributed by atoms with Gasteiger partial charge in [-0.1, -0.05) is 60.7 Å². The van der Waals surface area contributed by atoms with Gasteiger partial charge in [0.1, 0.15) is 6.04 Å². The minimum Gasteiger partial charge on any atom is -0.480 e. The van der Waals surface area contributed by atoms with E-state index in [-0.39, 0.29) is 24.2 Å². The zero-order chi connectivity index (χ0) is 17.6. The first-order valence-electron chi connectivity index (χ1n) is 8.74. The molecule has 0 heterocycles. The molecular weight excluding hydrogens is 314 g/mol. The number of carboxylic acid groups (broad SMARTS) is 1. The highest BCUT2D eigenvalue weighted by atomic mass is 16.4. The lowest BCUT2D eigenvalue weighted by Crippen LogP contribution is -2.42. The fraction of sp³-hybridized carbons (Fsp3) is 0.333. The summed E-state index contributed by atoms with van der Waals surface area (Å²) in [5.74, 6) is -1.01. The maximum absolute atomic E-state index is 12.5. The van der Waals surface area contributed by atoms with Crippen LogP contribution in [0.15, 0.2) is 60.7 Å². The Morgan fingerprint density at radius 1 is 1.00 bits per heavy atom. The van der Waals surface area contributed by atoms with Crippen LogP contribution in [0, 0.1) is 5.92 Å². The molecule has 0 saturated heterocycles. The number of aliphatic carboxylic acids is 1. The molecule has 1 amide bonds. The number of hydrogen-bond acceptors (Lipinski definition) is 2. The quantitative estimate of drug-likeness (QED) is 0.776. The third kappa shape index (κ3) is 4.92. The van der Waals surface area contributed by atoms with Crippen molar-refractivity contribution in [2.45, 2.75) is 37.6 Å². The highest BCUT2D eigenvalue weighted by molar-refractivity contribution is 5.84. The molecule has 4 nitrogen and oxygen atoms in total. The average Bonchev–Trinajstić information content (AvgIpc) is 3.45. The smallest absolute Gasteiger partial charge is 0.326 e. The van der Waals surface area contributed by atoms with Crippen LogP contribution < -0.4 is 5.32 Å². The van der Waals surface area contributed by atoms with E-state index in [2.05, 4.69) is 17.4 Å². The first-order valence-corrected chi connectivity index (χ1v) is 8.74. The van der Waals surface area contributed by atoms with Crippen molar-refractivity contribution in [1.82, 2.24) is 5.32 Å². The van der Waals surface area contributed by atoms with Crippen LogP contribution in [-0.2, 0) is 16.0 Å². The molecule has 1 aliphatic rings. The van der Waals surface area contributed by atoms with Gasteiger partial charge in [0.2, 0.25) is 5.91 Å². The van der Waals surface area contributed by atoms with Crippen molar-refractivity contribution in [3.63, 3.8) is 0 Å². The maximum Gasteiger partial charge on any atom is 0.326 e. The van der Waals surface area contributed by atoms with Gasteiger partial charge in [0.25, 0.3) is 0 Å². The molecule has 2 aromatic carbocycles. The van der Waals surface area contributed by atoms with E-state index in [1.807, 2.05) is 48.5 Å². The van der Waals surface area contributed by atoms with Crippen LogP contribution in [0.25, 0.3) is 0 Å². The van der Waals surface area contributed by atoms with Crippen LogP contribution in [0.1, 0.15) is 36.3 Å². The summed E-state index contributed by atoms with van der Waals surface area (Å²) in [6, 6.07) is 19.3. The van der Waals surface area contributed by atoms with E-state index >= 15 is 0 Å².